The molecule has 0 bridgehead atoms. The Morgan fingerprint density at radius 3 is 2.64 bits per heavy atom. The summed E-state index contributed by atoms with van der Waals surface area (Å²) in [7, 11) is 1.59. The Morgan fingerprint density at radius 2 is 2.05 bits per heavy atom. The summed E-state index contributed by atoms with van der Waals surface area (Å²) in [5.41, 5.74) is 1.54. The van der Waals surface area contributed by atoms with Gasteiger partial charge in [-0.3, -0.25) is 4.79 Å². The van der Waals surface area contributed by atoms with E-state index in [1.165, 1.54) is 0 Å². The third-order valence-corrected chi connectivity index (χ3v) is 3.78. The molecule has 2 atom stereocenters. The van der Waals surface area contributed by atoms with Crippen molar-refractivity contribution in [3.05, 3.63) is 35.4 Å². The van der Waals surface area contributed by atoms with Gasteiger partial charge in [0.1, 0.15) is 0 Å². The predicted octanol–water partition coefficient (Wildman–Crippen LogP) is 1.41. The van der Waals surface area contributed by atoms with Crippen LogP contribution in [0.3, 0.4) is 0 Å². The molecular weight excluding hydrogens is 282 g/mol. The lowest BCUT2D eigenvalue weighted by molar-refractivity contribution is 0.0860. The molecular formula is C16H23N3O3. The number of urea groups is 1. The fourth-order valence-electron chi connectivity index (χ4n) is 2.45. The Bertz CT molecular complexity index is 510. The van der Waals surface area contributed by atoms with E-state index in [4.69, 9.17) is 4.74 Å². The molecule has 2 rings (SSSR count). The lowest BCUT2D eigenvalue weighted by Crippen LogP contribution is -2.45. The van der Waals surface area contributed by atoms with E-state index in [0.717, 1.165) is 25.0 Å². The first kappa shape index (κ1) is 16.3. The second kappa shape index (κ2) is 7.79. The van der Waals surface area contributed by atoms with Gasteiger partial charge in [-0.2, -0.15) is 0 Å². The number of amides is 3. The van der Waals surface area contributed by atoms with Gasteiger partial charge in [-0.1, -0.05) is 12.1 Å². The van der Waals surface area contributed by atoms with Crippen LogP contribution in [0.5, 0.6) is 0 Å². The molecule has 0 aliphatic carbocycles. The summed E-state index contributed by atoms with van der Waals surface area (Å²) < 4.78 is 5.54. The molecule has 1 aromatic rings. The minimum atomic E-state index is -0.210. The van der Waals surface area contributed by atoms with Crippen LogP contribution in [0.25, 0.3) is 0 Å². The molecule has 3 N–H and O–H groups in total. The molecule has 1 aliphatic rings. The zero-order chi connectivity index (χ0) is 15.9. The normalized spacial score (nSPS) is 18.5. The van der Waals surface area contributed by atoms with Crippen molar-refractivity contribution >= 4 is 11.9 Å². The summed E-state index contributed by atoms with van der Waals surface area (Å²) in [5.74, 6) is -0.123. The molecule has 0 aromatic heterocycles. The largest absolute Gasteiger partial charge is 0.376 e. The monoisotopic (exact) mass is 305 g/mol. The molecule has 120 valence electrons. The number of benzene rings is 1. The number of rotatable bonds is 5. The number of carbonyl (C=O) groups is 2. The highest BCUT2D eigenvalue weighted by Crippen LogP contribution is 2.15. The van der Waals surface area contributed by atoms with Crippen LogP contribution < -0.4 is 16.0 Å². The van der Waals surface area contributed by atoms with Crippen molar-refractivity contribution in [2.45, 2.75) is 38.5 Å². The summed E-state index contributed by atoms with van der Waals surface area (Å²) >= 11 is 0. The van der Waals surface area contributed by atoms with Gasteiger partial charge in [0.2, 0.25) is 0 Å². The van der Waals surface area contributed by atoms with Gasteiger partial charge >= 0.3 is 6.03 Å². The van der Waals surface area contributed by atoms with Crippen LogP contribution in [-0.4, -0.2) is 37.7 Å². The average molecular weight is 305 g/mol. The SMILES string of the molecule is CNC(=O)c1ccc(CNC(=O)NC(C)C2CCCO2)cc1. The fourth-order valence-corrected chi connectivity index (χ4v) is 2.45. The minimum absolute atomic E-state index is 0.00174. The van der Waals surface area contributed by atoms with E-state index in [2.05, 4.69) is 16.0 Å². The maximum atomic E-state index is 11.9. The molecule has 1 heterocycles. The van der Waals surface area contributed by atoms with E-state index >= 15 is 0 Å². The van der Waals surface area contributed by atoms with Gasteiger partial charge in [0.05, 0.1) is 12.1 Å². The quantitative estimate of drug-likeness (QED) is 0.769. The molecule has 0 radical (unpaired) electrons. The van der Waals surface area contributed by atoms with E-state index in [9.17, 15) is 9.59 Å². The Hall–Kier alpha value is -2.08. The van der Waals surface area contributed by atoms with E-state index in [0.29, 0.717) is 12.1 Å². The lowest BCUT2D eigenvalue weighted by Gasteiger charge is -2.20. The van der Waals surface area contributed by atoms with Gasteiger partial charge in [0, 0.05) is 25.8 Å². The third kappa shape index (κ3) is 4.46. The molecule has 1 aromatic carbocycles. The summed E-state index contributed by atoms with van der Waals surface area (Å²) in [6.45, 7) is 3.14. The van der Waals surface area contributed by atoms with Crippen molar-refractivity contribution in [2.75, 3.05) is 13.7 Å². The van der Waals surface area contributed by atoms with Crippen molar-refractivity contribution in [2.24, 2.45) is 0 Å². The molecule has 3 amide bonds. The Morgan fingerprint density at radius 1 is 1.32 bits per heavy atom. The maximum absolute atomic E-state index is 11.9. The van der Waals surface area contributed by atoms with Crippen LogP contribution in [0.15, 0.2) is 24.3 Å². The first-order valence-corrected chi connectivity index (χ1v) is 7.57. The molecule has 0 saturated carbocycles. The average Bonchev–Trinajstić information content (AvgIpc) is 3.07. The number of carbonyl (C=O) groups excluding carboxylic acids is 2. The summed E-state index contributed by atoms with van der Waals surface area (Å²) in [5, 5.41) is 8.27. The maximum Gasteiger partial charge on any atom is 0.315 e. The Labute approximate surface area is 130 Å². The summed E-state index contributed by atoms with van der Waals surface area (Å²) in [6.07, 6.45) is 2.15. The molecule has 1 fully saturated rings. The zero-order valence-electron chi connectivity index (χ0n) is 13.0. The highest BCUT2D eigenvalue weighted by Gasteiger charge is 2.23. The number of hydrogen-bond acceptors (Lipinski definition) is 3. The summed E-state index contributed by atoms with van der Waals surface area (Å²) in [4.78, 5) is 23.3. The smallest absolute Gasteiger partial charge is 0.315 e. The van der Waals surface area contributed by atoms with Crippen LogP contribution in [0, 0.1) is 0 Å². The van der Waals surface area contributed by atoms with Crippen LogP contribution >= 0.6 is 0 Å². The number of ether oxygens (including phenoxy) is 1. The first-order chi connectivity index (χ1) is 10.6. The lowest BCUT2D eigenvalue weighted by atomic mass is 10.1. The Kier molecular flexibility index (Phi) is 5.77. The van der Waals surface area contributed by atoms with Gasteiger partial charge in [0.15, 0.2) is 0 Å². The summed E-state index contributed by atoms with van der Waals surface area (Å²) in [6, 6.07) is 6.92. The molecule has 0 spiro atoms. The van der Waals surface area contributed by atoms with Crippen LogP contribution in [0.2, 0.25) is 0 Å². The zero-order valence-corrected chi connectivity index (χ0v) is 13.0. The van der Waals surface area contributed by atoms with Crippen LogP contribution in [0.1, 0.15) is 35.7 Å². The fraction of sp³-hybridized carbons (Fsp3) is 0.500. The second-order valence-electron chi connectivity index (χ2n) is 5.44. The molecule has 6 heteroatoms. The van der Waals surface area contributed by atoms with Gasteiger partial charge < -0.3 is 20.7 Å². The highest BCUT2D eigenvalue weighted by molar-refractivity contribution is 5.93. The van der Waals surface area contributed by atoms with Crippen molar-refractivity contribution in [1.82, 2.24) is 16.0 Å². The van der Waals surface area contributed by atoms with E-state index < -0.39 is 0 Å². The minimum Gasteiger partial charge on any atom is -0.376 e. The van der Waals surface area contributed by atoms with Crippen LogP contribution in [-0.2, 0) is 11.3 Å². The topological polar surface area (TPSA) is 79.5 Å². The number of nitrogens with one attached hydrogen (secondary N) is 3. The van der Waals surface area contributed by atoms with E-state index in [1.807, 2.05) is 19.1 Å². The van der Waals surface area contributed by atoms with E-state index in [-0.39, 0.29) is 24.1 Å². The third-order valence-electron chi connectivity index (χ3n) is 3.78. The first-order valence-electron chi connectivity index (χ1n) is 7.57. The van der Waals surface area contributed by atoms with Gasteiger partial charge in [0.25, 0.3) is 5.91 Å². The Balaban J connectivity index is 1.77. The van der Waals surface area contributed by atoms with Crippen molar-refractivity contribution < 1.29 is 14.3 Å². The van der Waals surface area contributed by atoms with Crippen LogP contribution in [0.4, 0.5) is 4.79 Å². The molecule has 6 nitrogen and oxygen atoms in total. The predicted molar refractivity (Wildman–Crippen MR) is 83.6 cm³/mol. The number of hydrogen-bond donors (Lipinski definition) is 3. The molecule has 2 unspecified atom stereocenters. The van der Waals surface area contributed by atoms with E-state index in [1.54, 1.807) is 19.2 Å². The second-order valence-corrected chi connectivity index (χ2v) is 5.44. The molecule has 1 aliphatic heterocycles. The van der Waals surface area contributed by atoms with Crippen molar-refractivity contribution in [1.29, 1.82) is 0 Å². The van der Waals surface area contributed by atoms with Gasteiger partial charge in [-0.15, -0.1) is 0 Å². The van der Waals surface area contributed by atoms with Gasteiger partial charge in [-0.05, 0) is 37.5 Å². The molecule has 1 saturated heterocycles. The molecule has 22 heavy (non-hydrogen) atoms. The van der Waals surface area contributed by atoms with Gasteiger partial charge in [-0.25, -0.2) is 4.79 Å². The standard InChI is InChI=1S/C16H23N3O3/c1-11(14-4-3-9-22-14)19-16(21)18-10-12-5-7-13(8-6-12)15(20)17-2/h5-8,11,14H,3-4,9-10H2,1-2H3,(H,17,20)(H2,18,19,21). The van der Waals surface area contributed by atoms with Crippen molar-refractivity contribution in [3.63, 3.8) is 0 Å². The highest BCUT2D eigenvalue weighted by atomic mass is 16.5. The van der Waals surface area contributed by atoms with Crippen molar-refractivity contribution in [3.8, 4) is 0 Å².